The molecule has 1 amide bonds. The summed E-state index contributed by atoms with van der Waals surface area (Å²) in [5.74, 6) is -0.325. The maximum atomic E-state index is 13.2. The summed E-state index contributed by atoms with van der Waals surface area (Å²) in [4.78, 5) is 24.1. The van der Waals surface area contributed by atoms with E-state index in [0.29, 0.717) is 24.3 Å². The van der Waals surface area contributed by atoms with Crippen molar-refractivity contribution >= 4 is 21.5 Å². The highest BCUT2D eigenvalue weighted by Gasteiger charge is 2.52. The number of ether oxygens (including phenoxy) is 2. The van der Waals surface area contributed by atoms with Crippen LogP contribution in [-0.4, -0.2) is 49.9 Å². The number of hydrogen-bond donors (Lipinski definition) is 2. The zero-order valence-corrected chi connectivity index (χ0v) is 19.4. The number of Topliss-reactive ketones (excluding diaryl/α,β-unsaturated/α-hetero) is 1. The van der Waals surface area contributed by atoms with Crippen molar-refractivity contribution in [3.63, 3.8) is 0 Å². The van der Waals surface area contributed by atoms with Gasteiger partial charge in [0.25, 0.3) is 5.91 Å². The molecule has 1 aliphatic heterocycles. The molecule has 0 aliphatic carbocycles. The second kappa shape index (κ2) is 10.9. The summed E-state index contributed by atoms with van der Waals surface area (Å²) < 4.78 is 35.7. The molecule has 8 nitrogen and oxygen atoms in total. The number of sulfone groups is 1. The highest BCUT2D eigenvalue weighted by atomic mass is 32.2. The zero-order chi connectivity index (χ0) is 23.9. The van der Waals surface area contributed by atoms with E-state index >= 15 is 0 Å². The van der Waals surface area contributed by atoms with Gasteiger partial charge < -0.3 is 9.47 Å². The molecule has 0 aromatic heterocycles. The van der Waals surface area contributed by atoms with E-state index < -0.39 is 20.5 Å². The largest absolute Gasteiger partial charge is 0.494 e. The van der Waals surface area contributed by atoms with Crippen LogP contribution in [0, 0.1) is 0 Å². The van der Waals surface area contributed by atoms with Crippen LogP contribution in [0.25, 0.3) is 0 Å². The van der Waals surface area contributed by atoms with Crippen LogP contribution in [0.1, 0.15) is 48.5 Å². The van der Waals surface area contributed by atoms with Gasteiger partial charge in [0, 0.05) is 25.2 Å². The molecule has 1 fully saturated rings. The predicted octanol–water partition coefficient (Wildman–Crippen LogP) is 3.12. The number of benzene rings is 2. The van der Waals surface area contributed by atoms with Gasteiger partial charge in [0.1, 0.15) is 5.75 Å². The Kier molecular flexibility index (Phi) is 8.23. The molecule has 0 saturated carbocycles. The van der Waals surface area contributed by atoms with Gasteiger partial charge in [-0.2, -0.15) is 0 Å². The molecule has 1 aliphatic rings. The van der Waals surface area contributed by atoms with Crippen LogP contribution in [0.15, 0.2) is 53.4 Å². The third-order valence-electron chi connectivity index (χ3n) is 5.91. The molecular weight excluding hydrogens is 446 g/mol. The van der Waals surface area contributed by atoms with Gasteiger partial charge >= 0.3 is 0 Å². The first kappa shape index (κ1) is 24.9. The fourth-order valence-electron chi connectivity index (χ4n) is 3.93. The Labute approximate surface area is 193 Å². The zero-order valence-electron chi connectivity index (χ0n) is 18.6. The lowest BCUT2D eigenvalue weighted by Crippen LogP contribution is -2.54. The van der Waals surface area contributed by atoms with Gasteiger partial charge in [0.15, 0.2) is 20.4 Å². The van der Waals surface area contributed by atoms with Crippen molar-refractivity contribution in [2.45, 2.75) is 48.7 Å². The van der Waals surface area contributed by atoms with Crippen molar-refractivity contribution in [3.8, 4) is 5.75 Å². The number of ketones is 1. The predicted molar refractivity (Wildman–Crippen MR) is 121 cm³/mol. The molecule has 1 heterocycles. The van der Waals surface area contributed by atoms with Crippen molar-refractivity contribution in [3.05, 3.63) is 59.7 Å². The Morgan fingerprint density at radius 1 is 1.12 bits per heavy atom. The lowest BCUT2D eigenvalue weighted by molar-refractivity contribution is -0.134. The lowest BCUT2D eigenvalue weighted by atomic mass is 9.98. The summed E-state index contributed by atoms with van der Waals surface area (Å²) in [6.45, 7) is 2.49. The first-order chi connectivity index (χ1) is 15.8. The van der Waals surface area contributed by atoms with Gasteiger partial charge in [-0.3, -0.25) is 14.8 Å². The summed E-state index contributed by atoms with van der Waals surface area (Å²) in [6.07, 6.45) is 1.87. The number of rotatable bonds is 10. The van der Waals surface area contributed by atoms with E-state index in [-0.39, 0.29) is 36.7 Å². The van der Waals surface area contributed by atoms with E-state index in [1.54, 1.807) is 12.1 Å². The molecule has 0 unspecified atom stereocenters. The molecule has 33 heavy (non-hydrogen) atoms. The standard InChI is InChI=1S/C24H29NO7S/c1-2-22(26)19-7-3-5-18(17-19)6-4-14-32-20-8-10-21(11-9-20)33(29,30)24(23(27)25-28)12-15-31-16-13-24/h3,5,7-11,17,28H,2,4,6,12-16H2,1H3,(H,25,27). The van der Waals surface area contributed by atoms with Gasteiger partial charge in [-0.25, -0.2) is 13.9 Å². The van der Waals surface area contributed by atoms with Crippen LogP contribution in [0.2, 0.25) is 0 Å². The summed E-state index contributed by atoms with van der Waals surface area (Å²) in [5.41, 5.74) is 3.28. The average Bonchev–Trinajstić information content (AvgIpc) is 2.86. The molecule has 0 radical (unpaired) electrons. The Balaban J connectivity index is 1.61. The van der Waals surface area contributed by atoms with Crippen molar-refractivity contribution in [1.82, 2.24) is 5.48 Å². The molecule has 2 N–H and O–H groups in total. The molecule has 2 aromatic rings. The fourth-order valence-corrected chi connectivity index (χ4v) is 5.87. The number of hydrogen-bond acceptors (Lipinski definition) is 7. The Hall–Kier alpha value is -2.75. The topological polar surface area (TPSA) is 119 Å². The second-order valence-electron chi connectivity index (χ2n) is 7.95. The van der Waals surface area contributed by atoms with Gasteiger partial charge in [-0.05, 0) is 61.6 Å². The summed E-state index contributed by atoms with van der Waals surface area (Å²) >= 11 is 0. The van der Waals surface area contributed by atoms with Gasteiger partial charge in [-0.1, -0.05) is 25.1 Å². The summed E-state index contributed by atoms with van der Waals surface area (Å²) in [7, 11) is -4.06. The SMILES string of the molecule is CCC(=O)c1cccc(CCCOc2ccc(S(=O)(=O)C3(C(=O)NO)CCOCC3)cc2)c1. The first-order valence-electron chi connectivity index (χ1n) is 11.0. The maximum absolute atomic E-state index is 13.2. The third kappa shape index (κ3) is 5.43. The van der Waals surface area contributed by atoms with Gasteiger partial charge in [-0.15, -0.1) is 0 Å². The monoisotopic (exact) mass is 475 g/mol. The molecule has 9 heteroatoms. The number of aryl methyl sites for hydroxylation is 1. The Morgan fingerprint density at radius 2 is 1.82 bits per heavy atom. The molecule has 1 saturated heterocycles. The number of hydroxylamine groups is 1. The number of carbonyl (C=O) groups excluding carboxylic acids is 2. The maximum Gasteiger partial charge on any atom is 0.265 e. The number of carbonyl (C=O) groups is 2. The minimum Gasteiger partial charge on any atom is -0.494 e. The minimum absolute atomic E-state index is 0.0160. The lowest BCUT2D eigenvalue weighted by Gasteiger charge is -2.34. The second-order valence-corrected chi connectivity index (χ2v) is 10.2. The third-order valence-corrected chi connectivity index (χ3v) is 8.43. The van der Waals surface area contributed by atoms with E-state index in [2.05, 4.69) is 0 Å². The highest BCUT2D eigenvalue weighted by Crippen LogP contribution is 2.35. The smallest absolute Gasteiger partial charge is 0.265 e. The van der Waals surface area contributed by atoms with Crippen LogP contribution in [-0.2, 0) is 25.8 Å². The molecule has 0 spiro atoms. The van der Waals surface area contributed by atoms with Crippen molar-refractivity contribution in [1.29, 1.82) is 0 Å². The van der Waals surface area contributed by atoms with Crippen molar-refractivity contribution in [2.24, 2.45) is 0 Å². The van der Waals surface area contributed by atoms with Crippen LogP contribution in [0.3, 0.4) is 0 Å². The quantitative estimate of drug-likeness (QED) is 0.234. The Morgan fingerprint density at radius 3 is 2.45 bits per heavy atom. The molecule has 0 bridgehead atoms. The van der Waals surface area contributed by atoms with E-state index in [0.717, 1.165) is 18.4 Å². The molecule has 178 valence electrons. The summed E-state index contributed by atoms with van der Waals surface area (Å²) in [6, 6.07) is 13.5. The van der Waals surface area contributed by atoms with Gasteiger partial charge in [0.05, 0.1) is 11.5 Å². The van der Waals surface area contributed by atoms with E-state index in [4.69, 9.17) is 14.7 Å². The number of amides is 1. The minimum atomic E-state index is -4.06. The fraction of sp³-hybridized carbons (Fsp3) is 0.417. The highest BCUT2D eigenvalue weighted by molar-refractivity contribution is 7.93. The van der Waals surface area contributed by atoms with Crippen molar-refractivity contribution < 1.29 is 32.7 Å². The first-order valence-corrected chi connectivity index (χ1v) is 12.4. The van der Waals surface area contributed by atoms with Crippen LogP contribution in [0.5, 0.6) is 5.75 Å². The molecular formula is C24H29NO7S. The normalized spacial score (nSPS) is 15.6. The van der Waals surface area contributed by atoms with E-state index in [9.17, 15) is 18.0 Å². The van der Waals surface area contributed by atoms with Crippen LogP contribution in [0.4, 0.5) is 0 Å². The van der Waals surface area contributed by atoms with Gasteiger partial charge in [0.2, 0.25) is 0 Å². The van der Waals surface area contributed by atoms with Crippen LogP contribution >= 0.6 is 0 Å². The average molecular weight is 476 g/mol. The van der Waals surface area contributed by atoms with E-state index in [1.165, 1.54) is 17.6 Å². The van der Waals surface area contributed by atoms with Crippen molar-refractivity contribution in [2.75, 3.05) is 19.8 Å². The number of nitrogens with one attached hydrogen (secondary N) is 1. The molecule has 3 rings (SSSR count). The molecule has 2 aromatic carbocycles. The van der Waals surface area contributed by atoms with E-state index in [1.807, 2.05) is 31.2 Å². The summed E-state index contributed by atoms with van der Waals surface area (Å²) in [5, 5.41) is 9.12. The Bertz CT molecular complexity index is 1070. The molecule has 0 atom stereocenters. The van der Waals surface area contributed by atoms with Crippen LogP contribution < -0.4 is 10.2 Å².